The van der Waals surface area contributed by atoms with Gasteiger partial charge in [0.25, 0.3) is 0 Å². The summed E-state index contributed by atoms with van der Waals surface area (Å²) in [5.74, 6) is -0.782. The minimum absolute atomic E-state index is 0.0834. The molecule has 1 rings (SSSR count). The van der Waals surface area contributed by atoms with Crippen LogP contribution in [0.2, 0.25) is 0 Å². The number of sulfonamides is 1. The number of hydrogen-bond donors (Lipinski definition) is 2. The lowest BCUT2D eigenvalue weighted by Crippen LogP contribution is -2.26. The maximum absolute atomic E-state index is 12.2. The Hall–Kier alpha value is -1.58. The van der Waals surface area contributed by atoms with E-state index in [0.717, 1.165) is 12.1 Å². The van der Waals surface area contributed by atoms with Gasteiger partial charge in [-0.05, 0) is 12.1 Å². The maximum Gasteiger partial charge on any atom is 0.573 e. The zero-order valence-corrected chi connectivity index (χ0v) is 11.0. The summed E-state index contributed by atoms with van der Waals surface area (Å²) in [4.78, 5) is -0.585. The molecular formula is C11H13F3N2O3S. The Balaban J connectivity index is 2.97. The molecular weight excluding hydrogens is 297 g/mol. The zero-order chi connectivity index (χ0) is 15.2. The van der Waals surface area contributed by atoms with Crippen LogP contribution in [0.4, 0.5) is 13.2 Å². The normalized spacial score (nSPS) is 12.8. The van der Waals surface area contributed by atoms with Crippen LogP contribution in [0.1, 0.15) is 0 Å². The second-order valence-corrected chi connectivity index (χ2v) is 5.29. The van der Waals surface area contributed by atoms with Gasteiger partial charge in [0.15, 0.2) is 0 Å². The second-order valence-electron chi connectivity index (χ2n) is 3.55. The third-order valence-electron chi connectivity index (χ3n) is 2.06. The molecule has 0 heterocycles. The van der Waals surface area contributed by atoms with Gasteiger partial charge in [-0.15, -0.1) is 13.2 Å². The van der Waals surface area contributed by atoms with Crippen LogP contribution in [-0.2, 0) is 10.0 Å². The van der Waals surface area contributed by atoms with E-state index in [4.69, 9.17) is 5.73 Å². The van der Waals surface area contributed by atoms with Crippen molar-refractivity contribution >= 4 is 10.0 Å². The first-order valence-electron chi connectivity index (χ1n) is 5.46. The van der Waals surface area contributed by atoms with Gasteiger partial charge in [-0.25, -0.2) is 13.1 Å². The van der Waals surface area contributed by atoms with E-state index in [9.17, 15) is 21.6 Å². The number of rotatable bonds is 6. The quantitative estimate of drug-likeness (QED) is 0.778. The van der Waals surface area contributed by atoms with Gasteiger partial charge >= 0.3 is 6.36 Å². The van der Waals surface area contributed by atoms with Crippen LogP contribution >= 0.6 is 0 Å². The first-order valence-corrected chi connectivity index (χ1v) is 6.94. The summed E-state index contributed by atoms with van der Waals surface area (Å²) >= 11 is 0. The summed E-state index contributed by atoms with van der Waals surface area (Å²) in [5.41, 5.74) is 5.17. The molecule has 0 saturated heterocycles. The van der Waals surface area contributed by atoms with Crippen LogP contribution in [0.15, 0.2) is 41.3 Å². The summed E-state index contributed by atoms with van der Waals surface area (Å²) in [6, 6.07) is 4.50. The standard InChI is InChI=1S/C11H13F3N2O3S/c12-11(13,14)19-9-5-1-2-6-10(9)20(17,18)16-8-4-3-7-15/h1-6,16H,7-8,15H2/b4-3+. The van der Waals surface area contributed by atoms with E-state index in [1.165, 1.54) is 24.3 Å². The largest absolute Gasteiger partial charge is 0.573 e. The lowest BCUT2D eigenvalue weighted by atomic mass is 10.3. The predicted octanol–water partition coefficient (Wildman–Crippen LogP) is 1.38. The lowest BCUT2D eigenvalue weighted by molar-refractivity contribution is -0.275. The summed E-state index contributed by atoms with van der Waals surface area (Å²) in [6.07, 6.45) is -2.00. The highest BCUT2D eigenvalue weighted by atomic mass is 32.2. The second kappa shape index (κ2) is 6.73. The molecule has 0 radical (unpaired) electrons. The van der Waals surface area contributed by atoms with E-state index < -0.39 is 27.0 Å². The Morgan fingerprint density at radius 1 is 1.25 bits per heavy atom. The van der Waals surface area contributed by atoms with E-state index >= 15 is 0 Å². The number of nitrogens with two attached hydrogens (primary N) is 1. The number of alkyl halides is 3. The fourth-order valence-corrected chi connectivity index (χ4v) is 2.40. The summed E-state index contributed by atoms with van der Waals surface area (Å²) in [6.45, 7) is 0.148. The summed E-state index contributed by atoms with van der Waals surface area (Å²) in [5, 5.41) is 0. The SMILES string of the molecule is NC/C=C/CNS(=O)(=O)c1ccccc1OC(F)(F)F. The van der Waals surface area contributed by atoms with E-state index in [0.29, 0.717) is 0 Å². The molecule has 0 unspecified atom stereocenters. The van der Waals surface area contributed by atoms with Crippen LogP contribution < -0.4 is 15.2 Å². The Morgan fingerprint density at radius 3 is 2.50 bits per heavy atom. The molecule has 1 aromatic carbocycles. The van der Waals surface area contributed by atoms with Gasteiger partial charge in [0.2, 0.25) is 10.0 Å². The number of hydrogen-bond acceptors (Lipinski definition) is 4. The average molecular weight is 310 g/mol. The van der Waals surface area contributed by atoms with Crippen molar-refractivity contribution < 1.29 is 26.3 Å². The van der Waals surface area contributed by atoms with Gasteiger partial charge in [-0.2, -0.15) is 0 Å². The number of para-hydroxylation sites is 1. The van der Waals surface area contributed by atoms with Crippen molar-refractivity contribution in [2.75, 3.05) is 13.1 Å². The summed E-state index contributed by atoms with van der Waals surface area (Å²) in [7, 11) is -4.11. The monoisotopic (exact) mass is 310 g/mol. The molecule has 3 N–H and O–H groups in total. The Kier molecular flexibility index (Phi) is 5.54. The van der Waals surface area contributed by atoms with Gasteiger partial charge in [-0.3, -0.25) is 0 Å². The molecule has 0 aliphatic rings. The van der Waals surface area contributed by atoms with Crippen LogP contribution in [0.5, 0.6) is 5.75 Å². The van der Waals surface area contributed by atoms with Gasteiger partial charge < -0.3 is 10.5 Å². The molecule has 9 heteroatoms. The first-order chi connectivity index (χ1) is 9.26. The van der Waals surface area contributed by atoms with Gasteiger partial charge in [0.1, 0.15) is 10.6 Å². The number of nitrogens with one attached hydrogen (secondary N) is 1. The summed E-state index contributed by atoms with van der Waals surface area (Å²) < 4.78 is 66.2. The van der Waals surface area contributed by atoms with Crippen LogP contribution in [-0.4, -0.2) is 27.9 Å². The molecule has 0 bridgehead atoms. The van der Waals surface area contributed by atoms with Gasteiger partial charge in [0.05, 0.1) is 0 Å². The molecule has 0 atom stereocenters. The third kappa shape index (κ3) is 5.19. The fourth-order valence-electron chi connectivity index (χ4n) is 1.30. The minimum Gasteiger partial charge on any atom is -0.404 e. The highest BCUT2D eigenvalue weighted by Gasteiger charge is 2.33. The molecule has 0 aliphatic carbocycles. The van der Waals surface area contributed by atoms with E-state index in [1.54, 1.807) is 0 Å². The molecule has 0 saturated carbocycles. The molecule has 112 valence electrons. The number of halogens is 3. The maximum atomic E-state index is 12.2. The highest BCUT2D eigenvalue weighted by molar-refractivity contribution is 7.89. The Bertz CT molecular complexity index is 571. The number of benzene rings is 1. The van der Waals surface area contributed by atoms with E-state index in [1.807, 2.05) is 0 Å². The van der Waals surface area contributed by atoms with Crippen molar-refractivity contribution in [2.24, 2.45) is 5.73 Å². The molecule has 0 aliphatic heterocycles. The molecule has 20 heavy (non-hydrogen) atoms. The lowest BCUT2D eigenvalue weighted by Gasteiger charge is -2.13. The van der Waals surface area contributed by atoms with Crippen LogP contribution in [0.3, 0.4) is 0 Å². The molecule has 0 fully saturated rings. The van der Waals surface area contributed by atoms with Crippen molar-refractivity contribution in [3.05, 3.63) is 36.4 Å². The van der Waals surface area contributed by atoms with Gasteiger partial charge in [-0.1, -0.05) is 24.3 Å². The highest BCUT2D eigenvalue weighted by Crippen LogP contribution is 2.28. The fraction of sp³-hybridized carbons (Fsp3) is 0.273. The topological polar surface area (TPSA) is 81.4 Å². The molecule has 0 amide bonds. The van der Waals surface area contributed by atoms with Crippen LogP contribution in [0, 0.1) is 0 Å². The molecule has 0 spiro atoms. The Labute approximate surface area is 114 Å². The minimum atomic E-state index is -4.97. The number of ether oxygens (including phenoxy) is 1. The third-order valence-corrected chi connectivity index (χ3v) is 3.52. The van der Waals surface area contributed by atoms with Crippen molar-refractivity contribution in [3.63, 3.8) is 0 Å². The van der Waals surface area contributed by atoms with Crippen molar-refractivity contribution in [3.8, 4) is 5.75 Å². The van der Waals surface area contributed by atoms with Crippen molar-refractivity contribution in [1.82, 2.24) is 4.72 Å². The predicted molar refractivity (Wildman–Crippen MR) is 66.5 cm³/mol. The smallest absolute Gasteiger partial charge is 0.404 e. The zero-order valence-electron chi connectivity index (χ0n) is 10.2. The van der Waals surface area contributed by atoms with E-state index in [2.05, 4.69) is 9.46 Å². The molecule has 1 aromatic rings. The first kappa shape index (κ1) is 16.5. The van der Waals surface area contributed by atoms with Gasteiger partial charge in [0, 0.05) is 13.1 Å². The van der Waals surface area contributed by atoms with E-state index in [-0.39, 0.29) is 13.1 Å². The Morgan fingerprint density at radius 2 is 1.90 bits per heavy atom. The average Bonchev–Trinajstić information content (AvgIpc) is 2.33. The molecule has 5 nitrogen and oxygen atoms in total. The van der Waals surface area contributed by atoms with Crippen molar-refractivity contribution in [2.45, 2.75) is 11.3 Å². The van der Waals surface area contributed by atoms with Crippen molar-refractivity contribution in [1.29, 1.82) is 0 Å². The van der Waals surface area contributed by atoms with Crippen LogP contribution in [0.25, 0.3) is 0 Å². The molecule has 0 aromatic heterocycles.